The van der Waals surface area contributed by atoms with Crippen molar-refractivity contribution in [3.8, 4) is 0 Å². The molecule has 7 heteroatoms. The van der Waals surface area contributed by atoms with E-state index < -0.39 is 0 Å². The molecule has 1 aromatic heterocycles. The summed E-state index contributed by atoms with van der Waals surface area (Å²) in [6.07, 6.45) is 4.44. The number of anilines is 2. The minimum atomic E-state index is -0.377. The number of halogens is 2. The van der Waals surface area contributed by atoms with Crippen LogP contribution in [0.1, 0.15) is 16.1 Å². The minimum Gasteiger partial charge on any atom is -0.465 e. The molecule has 0 aliphatic heterocycles. The Morgan fingerprint density at radius 1 is 0.926 bits per heavy atom. The fraction of sp³-hybridized carbons (Fsp3) is 0. The van der Waals surface area contributed by atoms with Crippen LogP contribution in [0.15, 0.2) is 71.4 Å². The molecule has 0 saturated carbocycles. The molecule has 136 valence electrons. The topological polar surface area (TPSA) is 71.3 Å². The largest absolute Gasteiger partial charge is 0.465 e. The lowest BCUT2D eigenvalue weighted by molar-refractivity contribution is -0.111. The molecule has 0 aliphatic rings. The van der Waals surface area contributed by atoms with Gasteiger partial charge in [-0.15, -0.1) is 0 Å². The zero-order valence-electron chi connectivity index (χ0n) is 13.9. The molecular weight excluding hydrogens is 387 g/mol. The molecule has 0 aliphatic carbocycles. The first kappa shape index (κ1) is 18.8. The highest BCUT2D eigenvalue weighted by molar-refractivity contribution is 6.37. The first-order chi connectivity index (χ1) is 13.0. The minimum absolute atomic E-state index is 0.257. The molecule has 3 aromatic rings. The van der Waals surface area contributed by atoms with E-state index in [1.54, 1.807) is 54.6 Å². The number of rotatable bonds is 5. The molecule has 3 rings (SSSR count). The summed E-state index contributed by atoms with van der Waals surface area (Å²) in [5.74, 6) is -0.125. The van der Waals surface area contributed by atoms with Gasteiger partial charge in [0.15, 0.2) is 0 Å². The molecule has 0 radical (unpaired) electrons. The van der Waals surface area contributed by atoms with Crippen molar-refractivity contribution < 1.29 is 14.0 Å². The number of hydrogen-bond acceptors (Lipinski definition) is 3. The molecule has 0 spiro atoms. The van der Waals surface area contributed by atoms with Gasteiger partial charge in [0.2, 0.25) is 5.91 Å². The normalized spacial score (nSPS) is 10.7. The third kappa shape index (κ3) is 5.23. The Hall–Kier alpha value is -3.02. The van der Waals surface area contributed by atoms with Gasteiger partial charge >= 0.3 is 0 Å². The third-order valence-electron chi connectivity index (χ3n) is 3.51. The number of furan rings is 1. The number of benzene rings is 2. The van der Waals surface area contributed by atoms with Crippen molar-refractivity contribution in [3.05, 3.63) is 88.3 Å². The van der Waals surface area contributed by atoms with Crippen molar-refractivity contribution in [1.29, 1.82) is 0 Å². The lowest BCUT2D eigenvalue weighted by Crippen LogP contribution is -2.13. The summed E-state index contributed by atoms with van der Waals surface area (Å²) in [7, 11) is 0. The highest BCUT2D eigenvalue weighted by Gasteiger charge is 2.11. The molecule has 0 fully saturated rings. The summed E-state index contributed by atoms with van der Waals surface area (Å²) >= 11 is 11.9. The highest BCUT2D eigenvalue weighted by atomic mass is 35.5. The Morgan fingerprint density at radius 3 is 2.41 bits per heavy atom. The van der Waals surface area contributed by atoms with E-state index in [0.717, 1.165) is 0 Å². The number of carbonyl (C=O) groups excluding carboxylic acids is 2. The van der Waals surface area contributed by atoms with Crippen molar-refractivity contribution in [2.24, 2.45) is 0 Å². The van der Waals surface area contributed by atoms with E-state index in [2.05, 4.69) is 10.6 Å². The van der Waals surface area contributed by atoms with Gasteiger partial charge in [-0.25, -0.2) is 0 Å². The van der Waals surface area contributed by atoms with E-state index in [-0.39, 0.29) is 16.8 Å². The quantitative estimate of drug-likeness (QED) is 0.556. The van der Waals surface area contributed by atoms with Gasteiger partial charge in [0.25, 0.3) is 5.91 Å². The number of amides is 2. The standard InChI is InChI=1S/C20H14Cl2N2O3/c21-13-6-8-17(18(22)11-13)20(26)24-15-4-1-3-14(12-15)23-19(25)9-7-16-5-2-10-27-16/h1-12H,(H,23,25)(H,24,26)/b9-7-. The van der Waals surface area contributed by atoms with Crippen LogP contribution in [0.5, 0.6) is 0 Å². The lowest BCUT2D eigenvalue weighted by atomic mass is 10.2. The monoisotopic (exact) mass is 400 g/mol. The third-order valence-corrected chi connectivity index (χ3v) is 4.05. The first-order valence-corrected chi connectivity index (χ1v) is 8.66. The molecule has 2 amide bonds. The summed E-state index contributed by atoms with van der Waals surface area (Å²) in [5, 5.41) is 6.16. The van der Waals surface area contributed by atoms with E-state index in [1.807, 2.05) is 0 Å². The smallest absolute Gasteiger partial charge is 0.257 e. The fourth-order valence-corrected chi connectivity index (χ4v) is 2.77. The molecule has 27 heavy (non-hydrogen) atoms. The predicted octanol–water partition coefficient (Wildman–Crippen LogP) is 5.49. The highest BCUT2D eigenvalue weighted by Crippen LogP contribution is 2.23. The van der Waals surface area contributed by atoms with Gasteiger partial charge in [0.1, 0.15) is 5.76 Å². The van der Waals surface area contributed by atoms with Crippen molar-refractivity contribution in [3.63, 3.8) is 0 Å². The van der Waals surface area contributed by atoms with Gasteiger partial charge in [-0.2, -0.15) is 0 Å². The molecule has 0 unspecified atom stereocenters. The molecular formula is C20H14Cl2N2O3. The average molecular weight is 401 g/mol. The maximum absolute atomic E-state index is 12.4. The van der Waals surface area contributed by atoms with Crippen molar-refractivity contribution >= 4 is 52.5 Å². The summed E-state index contributed by atoms with van der Waals surface area (Å²) in [6, 6.07) is 14.9. The van der Waals surface area contributed by atoms with Crippen LogP contribution in [-0.4, -0.2) is 11.8 Å². The molecule has 2 aromatic carbocycles. The van der Waals surface area contributed by atoms with E-state index in [9.17, 15) is 9.59 Å². The Labute approximate surface area is 165 Å². The second kappa shape index (κ2) is 8.58. The first-order valence-electron chi connectivity index (χ1n) is 7.90. The summed E-state index contributed by atoms with van der Waals surface area (Å²) < 4.78 is 5.12. The molecule has 0 saturated heterocycles. The van der Waals surface area contributed by atoms with Crippen LogP contribution in [0, 0.1) is 0 Å². The Balaban J connectivity index is 1.66. The van der Waals surface area contributed by atoms with Crippen LogP contribution < -0.4 is 10.6 Å². The van der Waals surface area contributed by atoms with Crippen molar-refractivity contribution in [2.45, 2.75) is 0 Å². The zero-order valence-corrected chi connectivity index (χ0v) is 15.4. The van der Waals surface area contributed by atoms with Crippen molar-refractivity contribution in [1.82, 2.24) is 0 Å². The van der Waals surface area contributed by atoms with Crippen LogP contribution in [-0.2, 0) is 4.79 Å². The van der Waals surface area contributed by atoms with Crippen molar-refractivity contribution in [2.75, 3.05) is 10.6 Å². The average Bonchev–Trinajstić information content (AvgIpc) is 3.13. The summed E-state index contributed by atoms with van der Waals surface area (Å²) in [6.45, 7) is 0. The van der Waals surface area contributed by atoms with Gasteiger partial charge < -0.3 is 15.1 Å². The van der Waals surface area contributed by atoms with E-state index in [4.69, 9.17) is 27.6 Å². The van der Waals surface area contributed by atoms with E-state index in [0.29, 0.717) is 27.7 Å². The van der Waals surface area contributed by atoms with Gasteiger partial charge in [0.05, 0.1) is 16.8 Å². The Morgan fingerprint density at radius 2 is 1.70 bits per heavy atom. The van der Waals surface area contributed by atoms with Gasteiger partial charge in [-0.05, 0) is 54.6 Å². The SMILES string of the molecule is O=C(/C=C\c1ccco1)Nc1cccc(NC(=O)c2ccc(Cl)cc2Cl)c1. The van der Waals surface area contributed by atoms with E-state index in [1.165, 1.54) is 18.4 Å². The van der Waals surface area contributed by atoms with Crippen LogP contribution in [0.25, 0.3) is 6.08 Å². The predicted molar refractivity (Wildman–Crippen MR) is 107 cm³/mol. The number of carbonyl (C=O) groups is 2. The Bertz CT molecular complexity index is 998. The van der Waals surface area contributed by atoms with Crippen LogP contribution >= 0.6 is 23.2 Å². The second-order valence-corrected chi connectivity index (χ2v) is 6.34. The Kier molecular flexibility index (Phi) is 5.96. The summed E-state index contributed by atoms with van der Waals surface area (Å²) in [5.41, 5.74) is 1.35. The van der Waals surface area contributed by atoms with Gasteiger partial charge in [0, 0.05) is 22.5 Å². The lowest BCUT2D eigenvalue weighted by Gasteiger charge is -2.09. The molecule has 0 atom stereocenters. The summed E-state index contributed by atoms with van der Waals surface area (Å²) in [4.78, 5) is 24.3. The van der Waals surface area contributed by atoms with Crippen LogP contribution in [0.3, 0.4) is 0 Å². The maximum atomic E-state index is 12.4. The van der Waals surface area contributed by atoms with Gasteiger partial charge in [-0.1, -0.05) is 29.3 Å². The molecule has 1 heterocycles. The van der Waals surface area contributed by atoms with Crippen LogP contribution in [0.4, 0.5) is 11.4 Å². The maximum Gasteiger partial charge on any atom is 0.257 e. The molecule has 0 bridgehead atoms. The number of nitrogens with one attached hydrogen (secondary N) is 2. The molecule has 5 nitrogen and oxygen atoms in total. The van der Waals surface area contributed by atoms with Crippen LogP contribution in [0.2, 0.25) is 10.0 Å². The van der Waals surface area contributed by atoms with E-state index >= 15 is 0 Å². The number of hydrogen-bond donors (Lipinski definition) is 2. The zero-order chi connectivity index (χ0) is 19.2. The molecule has 2 N–H and O–H groups in total. The fourth-order valence-electron chi connectivity index (χ4n) is 2.27. The second-order valence-electron chi connectivity index (χ2n) is 5.50. The van der Waals surface area contributed by atoms with Gasteiger partial charge in [-0.3, -0.25) is 9.59 Å².